The summed E-state index contributed by atoms with van der Waals surface area (Å²) in [5.74, 6) is 2.32. The van der Waals surface area contributed by atoms with Gasteiger partial charge >= 0.3 is 0 Å². The average Bonchev–Trinajstić information content (AvgIpc) is 3.28. The highest BCUT2D eigenvalue weighted by Gasteiger charge is 2.42. The van der Waals surface area contributed by atoms with Gasteiger partial charge in [0.1, 0.15) is 0 Å². The Kier molecular flexibility index (Phi) is 4.36. The van der Waals surface area contributed by atoms with E-state index < -0.39 is 0 Å². The van der Waals surface area contributed by atoms with Gasteiger partial charge in [-0.1, -0.05) is 6.07 Å². The van der Waals surface area contributed by atoms with Crippen molar-refractivity contribution in [3.63, 3.8) is 0 Å². The second-order valence-electron chi connectivity index (χ2n) is 6.13. The van der Waals surface area contributed by atoms with Crippen molar-refractivity contribution in [1.29, 1.82) is 0 Å². The lowest BCUT2D eigenvalue weighted by Gasteiger charge is -2.29. The number of nitrogens with zero attached hydrogens (tertiary/aromatic N) is 1. The second kappa shape index (κ2) is 6.24. The molecular formula is C17H26N2O2. The van der Waals surface area contributed by atoms with Gasteiger partial charge in [-0.15, -0.1) is 0 Å². The number of benzene rings is 1. The van der Waals surface area contributed by atoms with Crippen molar-refractivity contribution in [1.82, 2.24) is 10.2 Å². The van der Waals surface area contributed by atoms with Crippen LogP contribution in [0.25, 0.3) is 0 Å². The number of hydrogen-bond acceptors (Lipinski definition) is 4. The van der Waals surface area contributed by atoms with Crippen molar-refractivity contribution in [3.8, 4) is 11.5 Å². The molecule has 2 fully saturated rings. The van der Waals surface area contributed by atoms with Gasteiger partial charge in [-0.05, 0) is 63.0 Å². The fourth-order valence-corrected chi connectivity index (χ4v) is 3.67. The molecule has 1 heterocycles. The van der Waals surface area contributed by atoms with E-state index in [-0.39, 0.29) is 0 Å². The van der Waals surface area contributed by atoms with E-state index in [9.17, 15) is 0 Å². The van der Waals surface area contributed by atoms with Crippen LogP contribution in [0.4, 0.5) is 0 Å². The molecule has 2 atom stereocenters. The largest absolute Gasteiger partial charge is 0.493 e. The van der Waals surface area contributed by atoms with Gasteiger partial charge in [0.2, 0.25) is 0 Å². The van der Waals surface area contributed by atoms with E-state index in [0.29, 0.717) is 12.0 Å². The molecule has 21 heavy (non-hydrogen) atoms. The summed E-state index contributed by atoms with van der Waals surface area (Å²) in [5, 5.41) is 3.36. The molecule has 0 amide bonds. The smallest absolute Gasteiger partial charge is 0.161 e. The SMILES string of the molecule is CNCC1CCN(C2CC2)C1c1ccc(OC)c(OC)c1. The zero-order chi connectivity index (χ0) is 14.8. The predicted octanol–water partition coefficient (Wildman–Crippen LogP) is 2.45. The summed E-state index contributed by atoms with van der Waals surface area (Å²) in [6, 6.07) is 7.70. The predicted molar refractivity (Wildman–Crippen MR) is 84.0 cm³/mol. The Labute approximate surface area is 127 Å². The van der Waals surface area contributed by atoms with Crippen LogP contribution in [0.15, 0.2) is 18.2 Å². The van der Waals surface area contributed by atoms with Gasteiger partial charge in [-0.25, -0.2) is 0 Å². The number of ether oxygens (including phenoxy) is 2. The van der Waals surface area contributed by atoms with E-state index in [1.54, 1.807) is 14.2 Å². The molecule has 1 saturated carbocycles. The van der Waals surface area contributed by atoms with E-state index in [0.717, 1.165) is 24.1 Å². The molecular weight excluding hydrogens is 264 g/mol. The molecule has 1 aliphatic heterocycles. The van der Waals surface area contributed by atoms with Crippen LogP contribution in [0.5, 0.6) is 11.5 Å². The third kappa shape index (κ3) is 2.87. The highest BCUT2D eigenvalue weighted by molar-refractivity contribution is 5.44. The van der Waals surface area contributed by atoms with Gasteiger partial charge in [-0.3, -0.25) is 4.90 Å². The topological polar surface area (TPSA) is 33.7 Å². The second-order valence-corrected chi connectivity index (χ2v) is 6.13. The van der Waals surface area contributed by atoms with Crippen molar-refractivity contribution >= 4 is 0 Å². The lowest BCUT2D eigenvalue weighted by Crippen LogP contribution is -2.30. The molecule has 1 aromatic rings. The van der Waals surface area contributed by atoms with Gasteiger partial charge in [0.15, 0.2) is 11.5 Å². The maximum absolute atomic E-state index is 5.48. The van der Waals surface area contributed by atoms with Crippen LogP contribution in [0, 0.1) is 5.92 Å². The summed E-state index contributed by atoms with van der Waals surface area (Å²) in [6.07, 6.45) is 3.99. The minimum atomic E-state index is 0.504. The monoisotopic (exact) mass is 290 g/mol. The Bertz CT molecular complexity index is 488. The molecule has 1 aromatic carbocycles. The lowest BCUT2D eigenvalue weighted by atomic mass is 9.93. The summed E-state index contributed by atoms with van der Waals surface area (Å²) < 4.78 is 10.8. The minimum Gasteiger partial charge on any atom is -0.493 e. The summed E-state index contributed by atoms with van der Waals surface area (Å²) in [4.78, 5) is 2.70. The Morgan fingerprint density at radius 1 is 1.14 bits per heavy atom. The van der Waals surface area contributed by atoms with Crippen LogP contribution >= 0.6 is 0 Å². The number of methoxy groups -OCH3 is 2. The zero-order valence-corrected chi connectivity index (χ0v) is 13.3. The fraction of sp³-hybridized carbons (Fsp3) is 0.647. The molecule has 3 rings (SSSR count). The highest BCUT2D eigenvalue weighted by Crippen LogP contribution is 2.45. The van der Waals surface area contributed by atoms with Gasteiger partial charge < -0.3 is 14.8 Å². The zero-order valence-electron chi connectivity index (χ0n) is 13.3. The van der Waals surface area contributed by atoms with Crippen molar-refractivity contribution in [2.24, 2.45) is 5.92 Å². The van der Waals surface area contributed by atoms with Crippen molar-refractivity contribution in [2.45, 2.75) is 31.3 Å². The highest BCUT2D eigenvalue weighted by atomic mass is 16.5. The van der Waals surface area contributed by atoms with Crippen LogP contribution in [0.2, 0.25) is 0 Å². The van der Waals surface area contributed by atoms with E-state index in [4.69, 9.17) is 9.47 Å². The van der Waals surface area contributed by atoms with Crippen LogP contribution in [-0.4, -0.2) is 45.3 Å². The third-order valence-corrected chi connectivity index (χ3v) is 4.79. The summed E-state index contributed by atoms with van der Waals surface area (Å²) in [6.45, 7) is 2.29. The molecule has 0 bridgehead atoms. The molecule has 1 aliphatic carbocycles. The van der Waals surface area contributed by atoms with E-state index in [1.807, 2.05) is 13.1 Å². The van der Waals surface area contributed by atoms with Crippen LogP contribution in [-0.2, 0) is 0 Å². The maximum atomic E-state index is 5.48. The van der Waals surface area contributed by atoms with Crippen molar-refractivity contribution in [3.05, 3.63) is 23.8 Å². The first-order valence-electron chi connectivity index (χ1n) is 7.90. The van der Waals surface area contributed by atoms with Crippen molar-refractivity contribution < 1.29 is 9.47 Å². The van der Waals surface area contributed by atoms with Gasteiger partial charge in [0, 0.05) is 12.1 Å². The summed E-state index contributed by atoms with van der Waals surface area (Å²) in [5.41, 5.74) is 1.36. The van der Waals surface area contributed by atoms with Gasteiger partial charge in [0.25, 0.3) is 0 Å². The molecule has 2 aliphatic rings. The molecule has 0 aromatic heterocycles. The molecule has 0 radical (unpaired) electrons. The Morgan fingerprint density at radius 2 is 1.90 bits per heavy atom. The van der Waals surface area contributed by atoms with E-state index in [1.165, 1.54) is 31.4 Å². The van der Waals surface area contributed by atoms with Gasteiger partial charge in [-0.2, -0.15) is 0 Å². The minimum absolute atomic E-state index is 0.504. The quantitative estimate of drug-likeness (QED) is 0.872. The molecule has 1 saturated heterocycles. The molecule has 0 spiro atoms. The van der Waals surface area contributed by atoms with E-state index >= 15 is 0 Å². The first-order valence-corrected chi connectivity index (χ1v) is 7.90. The molecule has 116 valence electrons. The summed E-state index contributed by atoms with van der Waals surface area (Å²) >= 11 is 0. The Morgan fingerprint density at radius 3 is 2.52 bits per heavy atom. The molecule has 1 N–H and O–H groups in total. The van der Waals surface area contributed by atoms with Gasteiger partial charge in [0.05, 0.1) is 14.2 Å². The standard InChI is InChI=1S/C17H26N2O2/c1-18-11-13-8-9-19(14-5-6-14)17(13)12-4-7-15(20-2)16(10-12)21-3/h4,7,10,13-14,17-18H,5-6,8-9,11H2,1-3H3. The number of rotatable bonds is 6. The molecule has 4 heteroatoms. The van der Waals surface area contributed by atoms with Crippen molar-refractivity contribution in [2.75, 3.05) is 34.4 Å². The lowest BCUT2D eigenvalue weighted by molar-refractivity contribution is 0.216. The molecule has 4 nitrogen and oxygen atoms in total. The van der Waals surface area contributed by atoms with E-state index in [2.05, 4.69) is 22.3 Å². The third-order valence-electron chi connectivity index (χ3n) is 4.79. The Balaban J connectivity index is 1.90. The molecule has 2 unspecified atom stereocenters. The fourth-order valence-electron chi connectivity index (χ4n) is 3.67. The van der Waals surface area contributed by atoms with Crippen LogP contribution in [0.3, 0.4) is 0 Å². The maximum Gasteiger partial charge on any atom is 0.161 e. The normalized spacial score (nSPS) is 26.0. The average molecular weight is 290 g/mol. The summed E-state index contributed by atoms with van der Waals surface area (Å²) in [7, 11) is 5.44. The number of hydrogen-bond donors (Lipinski definition) is 1. The first kappa shape index (κ1) is 14.7. The number of nitrogens with one attached hydrogen (secondary N) is 1. The van der Waals surface area contributed by atoms with Crippen LogP contribution in [0.1, 0.15) is 30.9 Å². The first-order chi connectivity index (χ1) is 10.3. The Hall–Kier alpha value is -1.26. The van der Waals surface area contributed by atoms with Crippen LogP contribution < -0.4 is 14.8 Å². The number of likely N-dealkylation sites (tertiary alicyclic amines) is 1.